The Hall–Kier alpha value is -2.68. The summed E-state index contributed by atoms with van der Waals surface area (Å²) in [6.45, 7) is -0.645. The minimum atomic E-state index is -1.00. The molecule has 0 saturated heterocycles. The Morgan fingerprint density at radius 2 is 1.55 bits per heavy atom. The number of alkyl halides is 1. The van der Waals surface area contributed by atoms with Gasteiger partial charge in [0.1, 0.15) is 0 Å². The normalized spacial score (nSPS) is 10.6. The van der Waals surface area contributed by atoms with Crippen molar-refractivity contribution in [1.82, 2.24) is 0 Å². The van der Waals surface area contributed by atoms with E-state index in [1.54, 1.807) is 0 Å². The third-order valence-electron chi connectivity index (χ3n) is 3.66. The fourth-order valence-corrected chi connectivity index (χ4v) is 2.59. The lowest BCUT2D eigenvalue weighted by Crippen LogP contribution is -2.31. The topological polar surface area (TPSA) is 20.3 Å². The van der Waals surface area contributed by atoms with Crippen molar-refractivity contribution >= 4 is 22.4 Å². The highest BCUT2D eigenvalue weighted by Gasteiger charge is 2.17. The molecule has 0 aliphatic heterocycles. The molecule has 1 amide bonds. The van der Waals surface area contributed by atoms with Gasteiger partial charge in [-0.2, -0.15) is 0 Å². The molecule has 3 aromatic carbocycles. The monoisotopic (exact) mass is 293 g/mol. The number of fused-ring (bicyclic) bond motifs is 1. The summed E-state index contributed by atoms with van der Waals surface area (Å²) in [6, 6.07) is 23.2. The van der Waals surface area contributed by atoms with E-state index in [1.165, 1.54) is 4.90 Å². The minimum absolute atomic E-state index is 0.359. The van der Waals surface area contributed by atoms with Crippen molar-refractivity contribution in [3.8, 4) is 0 Å². The molecular formula is C19H16FNO. The van der Waals surface area contributed by atoms with Crippen molar-refractivity contribution < 1.29 is 9.18 Å². The summed E-state index contributed by atoms with van der Waals surface area (Å²) >= 11 is 0. The number of halogens is 1. The van der Waals surface area contributed by atoms with Crippen LogP contribution in [-0.2, 0) is 11.3 Å². The summed E-state index contributed by atoms with van der Waals surface area (Å²) in [5.41, 5.74) is 1.71. The second-order valence-electron chi connectivity index (χ2n) is 5.10. The number of rotatable bonds is 4. The summed E-state index contributed by atoms with van der Waals surface area (Å²) in [6.07, 6.45) is 0. The van der Waals surface area contributed by atoms with Crippen LogP contribution in [0.4, 0.5) is 10.1 Å². The van der Waals surface area contributed by atoms with Gasteiger partial charge in [-0.05, 0) is 17.0 Å². The highest BCUT2D eigenvalue weighted by molar-refractivity contribution is 6.04. The molecule has 0 aliphatic carbocycles. The number of anilines is 1. The van der Waals surface area contributed by atoms with Gasteiger partial charge in [0.15, 0.2) is 6.67 Å². The second kappa shape index (κ2) is 6.39. The van der Waals surface area contributed by atoms with E-state index in [4.69, 9.17) is 0 Å². The summed E-state index contributed by atoms with van der Waals surface area (Å²) < 4.78 is 13.0. The van der Waals surface area contributed by atoms with Crippen molar-refractivity contribution in [2.24, 2.45) is 0 Å². The van der Waals surface area contributed by atoms with Crippen LogP contribution < -0.4 is 4.90 Å². The molecule has 0 atom stereocenters. The molecular weight excluding hydrogens is 277 g/mol. The Kier molecular flexibility index (Phi) is 4.15. The van der Waals surface area contributed by atoms with Crippen LogP contribution >= 0.6 is 0 Å². The van der Waals surface area contributed by atoms with E-state index >= 15 is 0 Å². The van der Waals surface area contributed by atoms with Gasteiger partial charge in [-0.15, -0.1) is 0 Å². The molecule has 2 nitrogen and oxygen atoms in total. The first-order valence-corrected chi connectivity index (χ1v) is 7.17. The molecule has 0 N–H and O–H groups in total. The van der Waals surface area contributed by atoms with Crippen LogP contribution in [0.15, 0.2) is 72.8 Å². The molecule has 0 fully saturated rings. The number of carbonyl (C=O) groups excluding carboxylic acids is 1. The molecule has 22 heavy (non-hydrogen) atoms. The highest BCUT2D eigenvalue weighted by Crippen LogP contribution is 2.28. The van der Waals surface area contributed by atoms with E-state index in [9.17, 15) is 9.18 Å². The predicted molar refractivity (Wildman–Crippen MR) is 87.6 cm³/mol. The lowest BCUT2D eigenvalue weighted by atomic mass is 10.1. The van der Waals surface area contributed by atoms with Gasteiger partial charge < -0.3 is 4.90 Å². The van der Waals surface area contributed by atoms with E-state index in [2.05, 4.69) is 0 Å². The molecule has 110 valence electrons. The first kappa shape index (κ1) is 14.3. The summed E-state index contributed by atoms with van der Waals surface area (Å²) in [5.74, 6) is -0.528. The standard InChI is InChI=1S/C19H16FNO/c20-13-19(22)21(14-15-7-2-1-3-8-15)18-12-6-10-16-9-4-5-11-17(16)18/h1-12H,13-14H2. The zero-order valence-corrected chi connectivity index (χ0v) is 12.1. The number of hydrogen-bond acceptors (Lipinski definition) is 1. The van der Waals surface area contributed by atoms with E-state index < -0.39 is 12.6 Å². The third-order valence-corrected chi connectivity index (χ3v) is 3.66. The molecule has 0 aliphatic rings. The number of nitrogens with zero attached hydrogens (tertiary/aromatic N) is 1. The van der Waals surface area contributed by atoms with Crippen LogP contribution in [0.25, 0.3) is 10.8 Å². The van der Waals surface area contributed by atoms with Crippen LogP contribution in [-0.4, -0.2) is 12.6 Å². The van der Waals surface area contributed by atoms with E-state index in [0.29, 0.717) is 6.54 Å². The second-order valence-corrected chi connectivity index (χ2v) is 5.10. The molecule has 3 heteroatoms. The molecule has 3 rings (SSSR count). The number of benzene rings is 3. The third kappa shape index (κ3) is 2.84. The molecule has 0 radical (unpaired) electrons. The number of hydrogen-bond donors (Lipinski definition) is 0. The van der Waals surface area contributed by atoms with Crippen molar-refractivity contribution in [3.05, 3.63) is 78.4 Å². The van der Waals surface area contributed by atoms with E-state index in [0.717, 1.165) is 22.0 Å². The summed E-state index contributed by atoms with van der Waals surface area (Å²) in [7, 11) is 0. The Morgan fingerprint density at radius 3 is 2.32 bits per heavy atom. The lowest BCUT2D eigenvalue weighted by molar-refractivity contribution is -0.119. The fourth-order valence-electron chi connectivity index (χ4n) is 2.59. The van der Waals surface area contributed by atoms with Crippen LogP contribution in [0.1, 0.15) is 5.56 Å². The molecule has 0 saturated carbocycles. The SMILES string of the molecule is O=C(CF)N(Cc1ccccc1)c1cccc2ccccc12. The fraction of sp³-hybridized carbons (Fsp3) is 0.105. The molecule has 0 spiro atoms. The lowest BCUT2D eigenvalue weighted by Gasteiger charge is -2.23. The molecule has 3 aromatic rings. The zero-order valence-electron chi connectivity index (χ0n) is 12.1. The minimum Gasteiger partial charge on any atom is -0.305 e. The van der Waals surface area contributed by atoms with Crippen molar-refractivity contribution in [1.29, 1.82) is 0 Å². The average molecular weight is 293 g/mol. The Balaban J connectivity index is 2.07. The van der Waals surface area contributed by atoms with Crippen LogP contribution in [0, 0.1) is 0 Å². The Bertz CT molecular complexity index is 780. The van der Waals surface area contributed by atoms with Crippen molar-refractivity contribution in [2.45, 2.75) is 6.54 Å². The van der Waals surface area contributed by atoms with Gasteiger partial charge in [0, 0.05) is 5.39 Å². The van der Waals surface area contributed by atoms with E-state index in [-0.39, 0.29) is 0 Å². The number of amides is 1. The molecule has 0 heterocycles. The molecule has 0 aromatic heterocycles. The van der Waals surface area contributed by atoms with Crippen molar-refractivity contribution in [3.63, 3.8) is 0 Å². The highest BCUT2D eigenvalue weighted by atomic mass is 19.1. The first-order valence-electron chi connectivity index (χ1n) is 7.17. The van der Waals surface area contributed by atoms with Gasteiger partial charge in [-0.1, -0.05) is 66.7 Å². The Labute approximate surface area is 128 Å². The Morgan fingerprint density at radius 1 is 0.864 bits per heavy atom. The number of carbonyl (C=O) groups is 1. The average Bonchev–Trinajstić information content (AvgIpc) is 2.59. The predicted octanol–water partition coefficient (Wildman–Crippen LogP) is 4.34. The first-order chi connectivity index (χ1) is 10.8. The maximum absolute atomic E-state index is 13.0. The van der Waals surface area contributed by atoms with Crippen LogP contribution in [0.2, 0.25) is 0 Å². The van der Waals surface area contributed by atoms with Crippen LogP contribution in [0.3, 0.4) is 0 Å². The van der Waals surface area contributed by atoms with Gasteiger partial charge in [0.25, 0.3) is 5.91 Å². The largest absolute Gasteiger partial charge is 0.305 e. The molecule has 0 unspecified atom stereocenters. The van der Waals surface area contributed by atoms with Gasteiger partial charge in [-0.3, -0.25) is 4.79 Å². The summed E-state index contributed by atoms with van der Waals surface area (Å²) in [5, 5.41) is 1.98. The van der Waals surface area contributed by atoms with Gasteiger partial charge >= 0.3 is 0 Å². The quantitative estimate of drug-likeness (QED) is 0.700. The van der Waals surface area contributed by atoms with Gasteiger partial charge in [0.2, 0.25) is 0 Å². The maximum atomic E-state index is 13.0. The van der Waals surface area contributed by atoms with Gasteiger partial charge in [-0.25, -0.2) is 4.39 Å². The van der Waals surface area contributed by atoms with Crippen molar-refractivity contribution in [2.75, 3.05) is 11.6 Å². The van der Waals surface area contributed by atoms with Gasteiger partial charge in [0.05, 0.1) is 12.2 Å². The summed E-state index contributed by atoms with van der Waals surface area (Å²) in [4.78, 5) is 13.6. The van der Waals surface area contributed by atoms with E-state index in [1.807, 2.05) is 72.8 Å². The van der Waals surface area contributed by atoms with Crippen LogP contribution in [0.5, 0.6) is 0 Å². The zero-order chi connectivity index (χ0) is 15.4. The molecule has 0 bridgehead atoms. The maximum Gasteiger partial charge on any atom is 0.258 e. The smallest absolute Gasteiger partial charge is 0.258 e.